The number of carbonyl (C=O) groups excluding carboxylic acids is 1. The molecule has 20 heavy (non-hydrogen) atoms. The fraction of sp³-hybridized carbons (Fsp3) is 0.267. The molecule has 0 saturated heterocycles. The maximum atomic E-state index is 12.4. The summed E-state index contributed by atoms with van der Waals surface area (Å²) in [7, 11) is 1.74. The quantitative estimate of drug-likeness (QED) is 0.907. The molecule has 104 valence electrons. The minimum absolute atomic E-state index is 0.154. The Bertz CT molecular complexity index is 571. The highest BCUT2D eigenvalue weighted by molar-refractivity contribution is 6.04. The molecule has 0 unspecified atom stereocenters. The van der Waals surface area contributed by atoms with Crippen molar-refractivity contribution in [3.63, 3.8) is 0 Å². The molecule has 0 radical (unpaired) electrons. The molecular formula is C15H18N4O. The Morgan fingerprint density at radius 2 is 2.00 bits per heavy atom. The van der Waals surface area contributed by atoms with Gasteiger partial charge in [0.15, 0.2) is 0 Å². The Morgan fingerprint density at radius 3 is 2.70 bits per heavy atom. The van der Waals surface area contributed by atoms with E-state index < -0.39 is 0 Å². The predicted octanol–water partition coefficient (Wildman–Crippen LogP) is 2.58. The van der Waals surface area contributed by atoms with Crippen molar-refractivity contribution in [1.29, 1.82) is 0 Å². The molecule has 0 atom stereocenters. The van der Waals surface area contributed by atoms with Gasteiger partial charge in [-0.1, -0.05) is 25.1 Å². The van der Waals surface area contributed by atoms with Crippen LogP contribution in [0.5, 0.6) is 0 Å². The van der Waals surface area contributed by atoms with E-state index in [1.165, 1.54) is 6.33 Å². The van der Waals surface area contributed by atoms with Crippen molar-refractivity contribution in [2.75, 3.05) is 23.8 Å². The number of benzene rings is 1. The van der Waals surface area contributed by atoms with Crippen LogP contribution in [0.3, 0.4) is 0 Å². The topological polar surface area (TPSA) is 58.1 Å². The number of hydrogen-bond acceptors (Lipinski definition) is 4. The number of rotatable bonds is 5. The summed E-state index contributed by atoms with van der Waals surface area (Å²) in [6, 6.07) is 11.2. The number of para-hydroxylation sites is 1. The maximum Gasteiger partial charge on any atom is 0.276 e. The van der Waals surface area contributed by atoms with E-state index in [0.717, 1.165) is 18.7 Å². The van der Waals surface area contributed by atoms with Gasteiger partial charge in [0.05, 0.1) is 0 Å². The average molecular weight is 270 g/mol. The van der Waals surface area contributed by atoms with Crippen LogP contribution in [-0.4, -0.2) is 29.5 Å². The zero-order valence-electron chi connectivity index (χ0n) is 11.7. The summed E-state index contributed by atoms with van der Waals surface area (Å²) in [5, 5.41) is 3.15. The summed E-state index contributed by atoms with van der Waals surface area (Å²) in [4.78, 5) is 22.1. The third kappa shape index (κ3) is 3.32. The molecule has 5 heteroatoms. The Hall–Kier alpha value is -2.43. The first kappa shape index (κ1) is 14.0. The first-order valence-corrected chi connectivity index (χ1v) is 6.61. The zero-order valence-corrected chi connectivity index (χ0v) is 11.7. The van der Waals surface area contributed by atoms with Gasteiger partial charge in [-0.05, 0) is 18.6 Å². The summed E-state index contributed by atoms with van der Waals surface area (Å²) in [5.41, 5.74) is 1.21. The van der Waals surface area contributed by atoms with Gasteiger partial charge >= 0.3 is 0 Å². The summed E-state index contributed by atoms with van der Waals surface area (Å²) in [6.45, 7) is 2.89. The van der Waals surface area contributed by atoms with Crippen molar-refractivity contribution >= 4 is 17.4 Å². The molecule has 1 N–H and O–H groups in total. The van der Waals surface area contributed by atoms with Gasteiger partial charge in [0.2, 0.25) is 0 Å². The second-order valence-electron chi connectivity index (χ2n) is 4.41. The second-order valence-corrected chi connectivity index (χ2v) is 4.41. The molecule has 0 saturated carbocycles. The second kappa shape index (κ2) is 6.65. The van der Waals surface area contributed by atoms with Crippen molar-refractivity contribution in [2.24, 2.45) is 0 Å². The first-order chi connectivity index (χ1) is 9.72. The summed E-state index contributed by atoms with van der Waals surface area (Å²) >= 11 is 0. The number of anilines is 2. The third-order valence-corrected chi connectivity index (χ3v) is 2.89. The van der Waals surface area contributed by atoms with Crippen molar-refractivity contribution in [3.05, 3.63) is 48.4 Å². The average Bonchev–Trinajstić information content (AvgIpc) is 2.52. The Balaban J connectivity index is 2.16. The van der Waals surface area contributed by atoms with Gasteiger partial charge in [-0.25, -0.2) is 9.97 Å². The molecular weight excluding hydrogens is 252 g/mol. The number of carbonyl (C=O) groups is 1. The molecule has 0 bridgehead atoms. The van der Waals surface area contributed by atoms with Gasteiger partial charge in [0.25, 0.3) is 5.91 Å². The number of nitrogens with zero attached hydrogens (tertiary/aromatic N) is 3. The lowest BCUT2D eigenvalue weighted by atomic mass is 10.2. The monoisotopic (exact) mass is 270 g/mol. The molecule has 0 spiro atoms. The maximum absolute atomic E-state index is 12.4. The third-order valence-electron chi connectivity index (χ3n) is 2.89. The van der Waals surface area contributed by atoms with Crippen LogP contribution >= 0.6 is 0 Å². The van der Waals surface area contributed by atoms with E-state index in [1.807, 2.05) is 30.3 Å². The van der Waals surface area contributed by atoms with Crippen LogP contribution in [0.25, 0.3) is 0 Å². The molecule has 1 amide bonds. The van der Waals surface area contributed by atoms with E-state index >= 15 is 0 Å². The van der Waals surface area contributed by atoms with Crippen LogP contribution in [0.2, 0.25) is 0 Å². The Kier molecular flexibility index (Phi) is 4.65. The van der Waals surface area contributed by atoms with Crippen molar-refractivity contribution in [2.45, 2.75) is 13.3 Å². The van der Waals surface area contributed by atoms with Crippen LogP contribution in [0.1, 0.15) is 23.8 Å². The highest BCUT2D eigenvalue weighted by atomic mass is 16.2. The SMILES string of the molecule is CCCNc1cc(C(=O)N(C)c2ccccc2)ncn1. The highest BCUT2D eigenvalue weighted by Crippen LogP contribution is 2.14. The molecule has 2 aromatic rings. The van der Waals surface area contributed by atoms with E-state index in [1.54, 1.807) is 18.0 Å². The lowest BCUT2D eigenvalue weighted by Gasteiger charge is -2.16. The van der Waals surface area contributed by atoms with Gasteiger partial charge in [-0.2, -0.15) is 0 Å². The van der Waals surface area contributed by atoms with E-state index in [2.05, 4.69) is 22.2 Å². The summed E-state index contributed by atoms with van der Waals surface area (Å²) < 4.78 is 0. The number of hydrogen-bond donors (Lipinski definition) is 1. The molecule has 1 aromatic carbocycles. The highest BCUT2D eigenvalue weighted by Gasteiger charge is 2.15. The van der Waals surface area contributed by atoms with Crippen LogP contribution < -0.4 is 10.2 Å². The molecule has 0 aliphatic rings. The molecule has 1 aromatic heterocycles. The number of nitrogens with one attached hydrogen (secondary N) is 1. The Labute approximate surface area is 118 Å². The van der Waals surface area contributed by atoms with E-state index in [0.29, 0.717) is 11.5 Å². The predicted molar refractivity (Wildman–Crippen MR) is 80.0 cm³/mol. The lowest BCUT2D eigenvalue weighted by Crippen LogP contribution is -2.27. The number of aromatic nitrogens is 2. The normalized spacial score (nSPS) is 10.1. The molecule has 5 nitrogen and oxygen atoms in total. The summed E-state index contributed by atoms with van der Waals surface area (Å²) in [5.74, 6) is 0.518. The van der Waals surface area contributed by atoms with Crippen LogP contribution in [0.15, 0.2) is 42.7 Å². The molecule has 2 rings (SSSR count). The standard InChI is InChI=1S/C15H18N4O/c1-3-9-16-14-10-13(17-11-18-14)15(20)19(2)12-7-5-4-6-8-12/h4-8,10-11H,3,9H2,1-2H3,(H,16,17,18). The van der Waals surface area contributed by atoms with Gasteiger partial charge in [-0.15, -0.1) is 0 Å². The van der Waals surface area contributed by atoms with Crippen LogP contribution in [0.4, 0.5) is 11.5 Å². The van der Waals surface area contributed by atoms with Crippen molar-refractivity contribution in [1.82, 2.24) is 9.97 Å². The largest absolute Gasteiger partial charge is 0.370 e. The summed E-state index contributed by atoms with van der Waals surface area (Å²) in [6.07, 6.45) is 2.40. The molecule has 0 aliphatic carbocycles. The first-order valence-electron chi connectivity index (χ1n) is 6.61. The van der Waals surface area contributed by atoms with E-state index in [4.69, 9.17) is 0 Å². The van der Waals surface area contributed by atoms with Crippen LogP contribution in [0, 0.1) is 0 Å². The fourth-order valence-corrected chi connectivity index (χ4v) is 1.76. The minimum atomic E-state index is -0.154. The molecule has 0 fully saturated rings. The van der Waals surface area contributed by atoms with E-state index in [9.17, 15) is 4.79 Å². The lowest BCUT2D eigenvalue weighted by molar-refractivity contribution is 0.0988. The van der Waals surface area contributed by atoms with Crippen molar-refractivity contribution in [3.8, 4) is 0 Å². The zero-order chi connectivity index (χ0) is 14.4. The van der Waals surface area contributed by atoms with Gasteiger partial charge < -0.3 is 10.2 Å². The number of amides is 1. The smallest absolute Gasteiger partial charge is 0.276 e. The fourth-order valence-electron chi connectivity index (χ4n) is 1.76. The van der Waals surface area contributed by atoms with Crippen LogP contribution in [-0.2, 0) is 0 Å². The minimum Gasteiger partial charge on any atom is -0.370 e. The van der Waals surface area contributed by atoms with Gasteiger partial charge in [0, 0.05) is 25.3 Å². The molecule has 1 heterocycles. The molecule has 0 aliphatic heterocycles. The Morgan fingerprint density at radius 1 is 1.25 bits per heavy atom. The van der Waals surface area contributed by atoms with Crippen molar-refractivity contribution < 1.29 is 4.79 Å². The van der Waals surface area contributed by atoms with Gasteiger partial charge in [-0.3, -0.25) is 4.79 Å². The van der Waals surface area contributed by atoms with Gasteiger partial charge in [0.1, 0.15) is 17.8 Å². The van der Waals surface area contributed by atoms with E-state index in [-0.39, 0.29) is 5.91 Å².